The lowest BCUT2D eigenvalue weighted by Crippen LogP contribution is -2.10. The largest absolute Gasteiger partial charge is 0.351 e. The molecule has 2 N–H and O–H groups in total. The third-order valence-corrected chi connectivity index (χ3v) is 5.49. The lowest BCUT2D eigenvalue weighted by molar-refractivity contribution is 0.978. The first kappa shape index (κ1) is 16.4. The fourth-order valence-corrected chi connectivity index (χ4v) is 4.00. The number of nitrogens with zero attached hydrogens (tertiary/aromatic N) is 4. The van der Waals surface area contributed by atoms with Gasteiger partial charge in [-0.15, -0.1) is 11.3 Å². The van der Waals surface area contributed by atoms with Crippen LogP contribution in [0.4, 0.5) is 17.6 Å². The topological polar surface area (TPSA) is 75.6 Å². The molecule has 0 radical (unpaired) electrons. The third kappa shape index (κ3) is 3.56. The molecule has 1 saturated carbocycles. The molecule has 27 heavy (non-hydrogen) atoms. The summed E-state index contributed by atoms with van der Waals surface area (Å²) in [4.78, 5) is 17.1. The van der Waals surface area contributed by atoms with E-state index in [2.05, 4.69) is 54.8 Å². The number of rotatable bonds is 5. The third-order valence-electron chi connectivity index (χ3n) is 4.53. The molecule has 2 atom stereocenters. The highest BCUT2D eigenvalue weighted by atomic mass is 35.5. The maximum Gasteiger partial charge on any atom is 0.233 e. The monoisotopic (exact) mass is 394 g/mol. The average Bonchev–Trinajstić information content (AvgIpc) is 3.27. The van der Waals surface area contributed by atoms with E-state index >= 15 is 0 Å². The number of fused-ring (bicyclic) bond motifs is 1. The highest BCUT2D eigenvalue weighted by Gasteiger charge is 2.38. The Balaban J connectivity index is 1.32. The van der Waals surface area contributed by atoms with E-state index in [1.807, 2.05) is 29.8 Å². The summed E-state index contributed by atoms with van der Waals surface area (Å²) in [6.45, 7) is 0. The summed E-state index contributed by atoms with van der Waals surface area (Å²) in [5.74, 6) is 1.38. The van der Waals surface area contributed by atoms with Crippen molar-refractivity contribution in [2.45, 2.75) is 18.4 Å². The number of nitrogens with one attached hydrogen (secondary N) is 2. The Kier molecular flexibility index (Phi) is 4.10. The molecule has 0 amide bonds. The molecule has 6 nitrogen and oxygen atoms in total. The Hall–Kier alpha value is -2.77. The summed E-state index contributed by atoms with van der Waals surface area (Å²) in [6, 6.07) is 16.7. The summed E-state index contributed by atoms with van der Waals surface area (Å²) in [7, 11) is 0. The number of anilines is 3. The molecular formula is C19H15ClN6S. The van der Waals surface area contributed by atoms with Crippen molar-refractivity contribution in [2.75, 3.05) is 10.6 Å². The van der Waals surface area contributed by atoms with Gasteiger partial charge in [0.05, 0.1) is 15.7 Å². The van der Waals surface area contributed by atoms with Crippen molar-refractivity contribution in [1.29, 1.82) is 0 Å². The van der Waals surface area contributed by atoms with Gasteiger partial charge in [0.1, 0.15) is 0 Å². The SMILES string of the molecule is Clc1nc(Nc2ccc3ncsc3c2)nc(NC2C[C@H]2c2ccccc2)n1. The molecule has 0 spiro atoms. The van der Waals surface area contributed by atoms with Gasteiger partial charge in [0.25, 0.3) is 0 Å². The molecule has 4 aromatic rings. The first-order valence-corrected chi connectivity index (χ1v) is 9.84. The number of hydrogen-bond acceptors (Lipinski definition) is 7. The highest BCUT2D eigenvalue weighted by Crippen LogP contribution is 2.42. The van der Waals surface area contributed by atoms with Gasteiger partial charge >= 0.3 is 0 Å². The molecule has 2 heterocycles. The fourth-order valence-electron chi connectivity index (χ4n) is 3.12. The van der Waals surface area contributed by atoms with Crippen LogP contribution in [0, 0.1) is 0 Å². The van der Waals surface area contributed by atoms with Gasteiger partial charge in [-0.25, -0.2) is 4.98 Å². The normalized spacial score (nSPS) is 18.4. The van der Waals surface area contributed by atoms with Crippen LogP contribution in [-0.4, -0.2) is 26.0 Å². The molecule has 0 aliphatic heterocycles. The van der Waals surface area contributed by atoms with Crippen LogP contribution in [0.15, 0.2) is 54.0 Å². The fraction of sp³-hybridized carbons (Fsp3) is 0.158. The zero-order valence-corrected chi connectivity index (χ0v) is 15.7. The van der Waals surface area contributed by atoms with Crippen molar-refractivity contribution in [3.05, 3.63) is 64.9 Å². The van der Waals surface area contributed by atoms with E-state index in [-0.39, 0.29) is 5.28 Å². The average molecular weight is 395 g/mol. The summed E-state index contributed by atoms with van der Waals surface area (Å²) < 4.78 is 1.10. The van der Waals surface area contributed by atoms with E-state index in [1.54, 1.807) is 11.3 Å². The standard InChI is InChI=1S/C19H15ClN6S/c20-17-24-18(22-12-6-7-14-16(8-12)27-10-21-14)26-19(25-17)23-15-9-13(15)11-4-2-1-3-5-11/h1-8,10,13,15H,9H2,(H2,22,23,24,25,26)/t13-,15?/m0/s1. The molecular weight excluding hydrogens is 380 g/mol. The number of aromatic nitrogens is 4. The Morgan fingerprint density at radius 2 is 1.85 bits per heavy atom. The van der Waals surface area contributed by atoms with E-state index in [0.717, 1.165) is 22.3 Å². The molecule has 0 bridgehead atoms. The summed E-state index contributed by atoms with van der Waals surface area (Å²) in [5.41, 5.74) is 5.01. The lowest BCUT2D eigenvalue weighted by Gasteiger charge is -2.08. The summed E-state index contributed by atoms with van der Waals surface area (Å²) in [5, 5.41) is 6.72. The van der Waals surface area contributed by atoms with Crippen LogP contribution in [-0.2, 0) is 0 Å². The van der Waals surface area contributed by atoms with Crippen molar-refractivity contribution in [1.82, 2.24) is 19.9 Å². The molecule has 2 aromatic carbocycles. The second-order valence-electron chi connectivity index (χ2n) is 6.42. The minimum absolute atomic E-state index is 0.158. The smallest absolute Gasteiger partial charge is 0.233 e. The second-order valence-corrected chi connectivity index (χ2v) is 7.64. The van der Waals surface area contributed by atoms with Gasteiger partial charge in [0.2, 0.25) is 17.2 Å². The Bertz CT molecular complexity index is 1100. The molecule has 134 valence electrons. The predicted molar refractivity (Wildman–Crippen MR) is 109 cm³/mol. The van der Waals surface area contributed by atoms with Crippen molar-refractivity contribution < 1.29 is 0 Å². The van der Waals surface area contributed by atoms with Crippen molar-refractivity contribution in [2.24, 2.45) is 0 Å². The minimum atomic E-state index is 0.158. The van der Waals surface area contributed by atoms with Crippen LogP contribution in [0.5, 0.6) is 0 Å². The number of thiazole rings is 1. The molecule has 1 aliphatic carbocycles. The van der Waals surface area contributed by atoms with E-state index in [9.17, 15) is 0 Å². The quantitative estimate of drug-likeness (QED) is 0.504. The van der Waals surface area contributed by atoms with Gasteiger partial charge in [0.15, 0.2) is 0 Å². The van der Waals surface area contributed by atoms with Gasteiger partial charge in [-0.2, -0.15) is 15.0 Å². The van der Waals surface area contributed by atoms with Crippen LogP contribution < -0.4 is 10.6 Å². The zero-order chi connectivity index (χ0) is 18.2. The number of hydrogen-bond donors (Lipinski definition) is 2. The lowest BCUT2D eigenvalue weighted by atomic mass is 10.1. The second kappa shape index (κ2) is 6.75. The van der Waals surface area contributed by atoms with Crippen LogP contribution >= 0.6 is 22.9 Å². The first-order valence-electron chi connectivity index (χ1n) is 8.58. The predicted octanol–water partition coefficient (Wildman–Crippen LogP) is 4.85. The van der Waals surface area contributed by atoms with E-state index in [1.165, 1.54) is 5.56 Å². The Morgan fingerprint density at radius 3 is 2.74 bits per heavy atom. The van der Waals surface area contributed by atoms with E-state index < -0.39 is 0 Å². The molecule has 1 fully saturated rings. The van der Waals surface area contributed by atoms with Gasteiger partial charge in [-0.05, 0) is 41.8 Å². The zero-order valence-electron chi connectivity index (χ0n) is 14.1. The minimum Gasteiger partial charge on any atom is -0.351 e. The molecule has 8 heteroatoms. The molecule has 5 rings (SSSR count). The van der Waals surface area contributed by atoms with Gasteiger partial charge in [-0.1, -0.05) is 30.3 Å². The number of halogens is 1. The molecule has 1 aliphatic rings. The van der Waals surface area contributed by atoms with Crippen molar-refractivity contribution in [3.8, 4) is 0 Å². The summed E-state index contributed by atoms with van der Waals surface area (Å²) >= 11 is 7.69. The van der Waals surface area contributed by atoms with Crippen LogP contribution in [0.1, 0.15) is 17.9 Å². The van der Waals surface area contributed by atoms with E-state index in [4.69, 9.17) is 11.6 Å². The maximum absolute atomic E-state index is 6.10. The van der Waals surface area contributed by atoms with Gasteiger partial charge < -0.3 is 10.6 Å². The van der Waals surface area contributed by atoms with Gasteiger partial charge in [0, 0.05) is 17.6 Å². The van der Waals surface area contributed by atoms with Gasteiger partial charge in [-0.3, -0.25) is 0 Å². The van der Waals surface area contributed by atoms with Crippen LogP contribution in [0.3, 0.4) is 0 Å². The van der Waals surface area contributed by atoms with E-state index in [0.29, 0.717) is 23.9 Å². The first-order chi connectivity index (χ1) is 13.2. The Labute approximate surface area is 164 Å². The molecule has 0 saturated heterocycles. The van der Waals surface area contributed by atoms with Crippen molar-refractivity contribution in [3.63, 3.8) is 0 Å². The molecule has 1 unspecified atom stereocenters. The maximum atomic E-state index is 6.10. The van der Waals surface area contributed by atoms with Crippen molar-refractivity contribution >= 4 is 50.7 Å². The summed E-state index contributed by atoms with van der Waals surface area (Å²) in [6.07, 6.45) is 1.05. The number of benzene rings is 2. The molecule has 2 aromatic heterocycles. The van der Waals surface area contributed by atoms with Crippen LogP contribution in [0.2, 0.25) is 5.28 Å². The van der Waals surface area contributed by atoms with Crippen LogP contribution in [0.25, 0.3) is 10.2 Å². The highest BCUT2D eigenvalue weighted by molar-refractivity contribution is 7.16. The Morgan fingerprint density at radius 1 is 1.00 bits per heavy atom.